The van der Waals surface area contributed by atoms with E-state index in [4.69, 9.17) is 0 Å². The molecule has 1 aromatic heterocycles. The van der Waals surface area contributed by atoms with Crippen molar-refractivity contribution in [2.24, 2.45) is 0 Å². The van der Waals surface area contributed by atoms with Crippen molar-refractivity contribution >= 4 is 38.7 Å². The number of fused-ring (bicyclic) bond motifs is 1. The maximum atomic E-state index is 12.1. The summed E-state index contributed by atoms with van der Waals surface area (Å²) in [6.45, 7) is 0.193. The molecule has 7 nitrogen and oxygen atoms in total. The average Bonchev–Trinajstić information content (AvgIpc) is 2.73. The van der Waals surface area contributed by atoms with Crippen molar-refractivity contribution in [3.8, 4) is 0 Å². The zero-order valence-corrected chi connectivity index (χ0v) is 17.4. The van der Waals surface area contributed by atoms with E-state index >= 15 is 0 Å². The molecule has 3 aromatic rings. The molecule has 9 heteroatoms. The van der Waals surface area contributed by atoms with Crippen molar-refractivity contribution in [2.45, 2.75) is 11.4 Å². The van der Waals surface area contributed by atoms with Crippen LogP contribution in [0.15, 0.2) is 65.8 Å². The van der Waals surface area contributed by atoms with Gasteiger partial charge < -0.3 is 5.32 Å². The first-order valence-electron chi connectivity index (χ1n) is 9.14. The highest BCUT2D eigenvalue weighted by molar-refractivity contribution is 8.00. The molecule has 0 aliphatic heterocycles. The molecule has 0 fully saturated rings. The highest BCUT2D eigenvalue weighted by atomic mass is 32.2. The number of nitrogens with one attached hydrogen (secondary N) is 2. The maximum absolute atomic E-state index is 12.1. The molecule has 0 saturated carbocycles. The van der Waals surface area contributed by atoms with Gasteiger partial charge in [0.25, 0.3) is 0 Å². The van der Waals surface area contributed by atoms with E-state index in [1.165, 1.54) is 11.8 Å². The molecule has 29 heavy (non-hydrogen) atoms. The highest BCUT2D eigenvalue weighted by Gasteiger charge is 2.13. The molecule has 0 unspecified atom stereocenters. The number of benzene rings is 2. The molecule has 2 N–H and O–H groups in total. The topological polar surface area (TPSA) is 101 Å². The molecule has 152 valence electrons. The fourth-order valence-electron chi connectivity index (χ4n) is 2.57. The molecule has 1 amide bonds. The Labute approximate surface area is 174 Å². The second kappa shape index (κ2) is 10.3. The van der Waals surface area contributed by atoms with Gasteiger partial charge in [0, 0.05) is 12.3 Å². The van der Waals surface area contributed by atoms with Crippen LogP contribution in [0.5, 0.6) is 0 Å². The van der Waals surface area contributed by atoms with Gasteiger partial charge in [-0.3, -0.25) is 9.78 Å². The normalized spacial score (nSPS) is 11.4. The molecule has 0 atom stereocenters. The van der Waals surface area contributed by atoms with Crippen LogP contribution >= 0.6 is 11.8 Å². The van der Waals surface area contributed by atoms with Crippen molar-refractivity contribution in [2.75, 3.05) is 24.6 Å². The van der Waals surface area contributed by atoms with Crippen LogP contribution in [0.3, 0.4) is 0 Å². The van der Waals surface area contributed by atoms with Crippen LogP contribution in [0.2, 0.25) is 0 Å². The fourth-order valence-corrected chi connectivity index (χ4v) is 4.77. The van der Waals surface area contributed by atoms with Gasteiger partial charge in [-0.15, -0.1) is 11.8 Å². The number of hydrogen-bond acceptors (Lipinski definition) is 6. The zero-order valence-electron chi connectivity index (χ0n) is 15.7. The summed E-state index contributed by atoms with van der Waals surface area (Å²) in [5, 5.41) is 3.38. The first-order chi connectivity index (χ1) is 14.0. The number of sulfonamides is 1. The van der Waals surface area contributed by atoms with E-state index in [0.717, 1.165) is 16.6 Å². The van der Waals surface area contributed by atoms with E-state index in [1.807, 2.05) is 54.6 Å². The van der Waals surface area contributed by atoms with Crippen LogP contribution in [0.4, 0.5) is 0 Å². The van der Waals surface area contributed by atoms with Crippen LogP contribution in [0.25, 0.3) is 11.0 Å². The van der Waals surface area contributed by atoms with Crippen molar-refractivity contribution in [1.82, 2.24) is 20.0 Å². The molecule has 0 aliphatic carbocycles. The maximum Gasteiger partial charge on any atom is 0.235 e. The minimum atomic E-state index is -3.55. The van der Waals surface area contributed by atoms with Gasteiger partial charge in [-0.05, 0) is 24.1 Å². The Hall–Kier alpha value is -2.49. The summed E-state index contributed by atoms with van der Waals surface area (Å²) in [7, 11) is -3.55. The largest absolute Gasteiger partial charge is 0.355 e. The third kappa shape index (κ3) is 7.12. The summed E-state index contributed by atoms with van der Waals surface area (Å²) in [4.78, 5) is 20.6. The van der Waals surface area contributed by atoms with Gasteiger partial charge in [0.15, 0.2) is 0 Å². The molecular weight excluding hydrogens is 408 g/mol. The number of rotatable bonds is 10. The SMILES string of the molecule is O=C(CNS(=O)(=O)CCSc1cnc2ccccc2n1)NCCc1ccccc1. The van der Waals surface area contributed by atoms with E-state index in [9.17, 15) is 13.2 Å². The first kappa shape index (κ1) is 21.2. The van der Waals surface area contributed by atoms with Gasteiger partial charge >= 0.3 is 0 Å². The summed E-state index contributed by atoms with van der Waals surface area (Å²) in [5.41, 5.74) is 2.68. The van der Waals surface area contributed by atoms with Crippen LogP contribution < -0.4 is 10.0 Å². The van der Waals surface area contributed by atoms with Crippen LogP contribution in [-0.4, -0.2) is 48.9 Å². The van der Waals surface area contributed by atoms with E-state index in [1.54, 1.807) is 6.20 Å². The fraction of sp³-hybridized carbons (Fsp3) is 0.250. The molecule has 0 aliphatic rings. The van der Waals surface area contributed by atoms with Gasteiger partial charge in [0.05, 0.1) is 29.5 Å². The monoisotopic (exact) mass is 430 g/mol. The smallest absolute Gasteiger partial charge is 0.235 e. The lowest BCUT2D eigenvalue weighted by molar-refractivity contribution is -0.119. The Balaban J connectivity index is 1.37. The molecule has 2 aromatic carbocycles. The number of amides is 1. The minimum Gasteiger partial charge on any atom is -0.355 e. The molecular formula is C20H22N4O3S2. The van der Waals surface area contributed by atoms with Crippen molar-refractivity contribution in [3.63, 3.8) is 0 Å². The lowest BCUT2D eigenvalue weighted by Gasteiger charge is -2.08. The molecule has 0 radical (unpaired) electrons. The third-order valence-corrected chi connectivity index (χ3v) is 6.54. The van der Waals surface area contributed by atoms with Crippen molar-refractivity contribution in [3.05, 3.63) is 66.4 Å². The van der Waals surface area contributed by atoms with Crippen molar-refractivity contribution < 1.29 is 13.2 Å². The van der Waals surface area contributed by atoms with E-state index in [-0.39, 0.29) is 18.2 Å². The van der Waals surface area contributed by atoms with Crippen LogP contribution in [0, 0.1) is 0 Å². The Morgan fingerprint density at radius 2 is 1.72 bits per heavy atom. The van der Waals surface area contributed by atoms with Gasteiger partial charge in [0.1, 0.15) is 5.03 Å². The number of nitrogens with zero attached hydrogens (tertiary/aromatic N) is 2. The molecule has 3 rings (SSSR count). The van der Waals surface area contributed by atoms with Gasteiger partial charge in [-0.1, -0.05) is 42.5 Å². The predicted molar refractivity (Wildman–Crippen MR) is 115 cm³/mol. The lowest BCUT2D eigenvalue weighted by Crippen LogP contribution is -2.38. The number of carbonyl (C=O) groups excluding carboxylic acids is 1. The minimum absolute atomic E-state index is 0.108. The standard InChI is InChI=1S/C20H22N4O3S2/c25-19(21-11-10-16-6-2-1-3-7-16)14-23-29(26,27)13-12-28-20-15-22-17-8-4-5-9-18(17)24-20/h1-9,15,23H,10-14H2,(H,21,25). The highest BCUT2D eigenvalue weighted by Crippen LogP contribution is 2.17. The van der Waals surface area contributed by atoms with E-state index < -0.39 is 10.0 Å². The van der Waals surface area contributed by atoms with Crippen LogP contribution in [-0.2, 0) is 21.2 Å². The van der Waals surface area contributed by atoms with Crippen LogP contribution in [0.1, 0.15) is 5.56 Å². The predicted octanol–water partition coefficient (Wildman–Crippen LogP) is 2.00. The summed E-state index contributed by atoms with van der Waals surface area (Å²) in [5.74, 6) is -0.140. The molecule has 0 saturated heterocycles. The average molecular weight is 431 g/mol. The Morgan fingerprint density at radius 3 is 2.52 bits per heavy atom. The first-order valence-corrected chi connectivity index (χ1v) is 11.8. The van der Waals surface area contributed by atoms with Gasteiger partial charge in [-0.2, -0.15) is 0 Å². The van der Waals surface area contributed by atoms with Gasteiger partial charge in [-0.25, -0.2) is 18.1 Å². The number of thioether (sulfide) groups is 1. The summed E-state index contributed by atoms with van der Waals surface area (Å²) >= 11 is 1.31. The summed E-state index contributed by atoms with van der Waals surface area (Å²) in [6.07, 6.45) is 2.33. The lowest BCUT2D eigenvalue weighted by atomic mass is 10.1. The number of carbonyl (C=O) groups is 1. The third-order valence-electron chi connectivity index (χ3n) is 4.06. The Kier molecular flexibility index (Phi) is 7.56. The van der Waals surface area contributed by atoms with Crippen molar-refractivity contribution in [1.29, 1.82) is 0 Å². The quantitative estimate of drug-likeness (QED) is 0.477. The number of aromatic nitrogens is 2. The Morgan fingerprint density at radius 1 is 1.00 bits per heavy atom. The Bertz CT molecular complexity index is 1060. The second-order valence-electron chi connectivity index (χ2n) is 6.27. The van der Waals surface area contributed by atoms with E-state index in [0.29, 0.717) is 23.7 Å². The zero-order chi connectivity index (χ0) is 20.5. The number of hydrogen-bond donors (Lipinski definition) is 2. The second-order valence-corrected chi connectivity index (χ2v) is 9.31. The van der Waals surface area contributed by atoms with E-state index in [2.05, 4.69) is 20.0 Å². The van der Waals surface area contributed by atoms with Gasteiger partial charge in [0.2, 0.25) is 15.9 Å². The molecule has 0 bridgehead atoms. The molecule has 0 spiro atoms. The summed E-state index contributed by atoms with van der Waals surface area (Å²) in [6, 6.07) is 17.3. The summed E-state index contributed by atoms with van der Waals surface area (Å²) < 4.78 is 26.5. The number of para-hydroxylation sites is 2. The molecule has 1 heterocycles.